The van der Waals surface area contributed by atoms with Gasteiger partial charge in [0, 0.05) is 6.92 Å². The molecule has 0 unspecified atom stereocenters. The van der Waals surface area contributed by atoms with Crippen LogP contribution in [0, 0.1) is 0 Å². The van der Waals surface area contributed by atoms with Gasteiger partial charge in [-0.2, -0.15) is 0 Å². The highest BCUT2D eigenvalue weighted by Gasteiger charge is 2.31. The van der Waals surface area contributed by atoms with Gasteiger partial charge in [-0.3, -0.25) is 4.79 Å². The van der Waals surface area contributed by atoms with Gasteiger partial charge in [0.15, 0.2) is 11.5 Å². The second kappa shape index (κ2) is 8.56. The van der Waals surface area contributed by atoms with Crippen LogP contribution >= 0.6 is 0 Å². The first kappa shape index (κ1) is 18.1. The van der Waals surface area contributed by atoms with Gasteiger partial charge in [-0.05, 0) is 57.1 Å². The number of carbonyl (C=O) groups excluding carboxylic acids is 1. The van der Waals surface area contributed by atoms with E-state index in [9.17, 15) is 9.90 Å². The van der Waals surface area contributed by atoms with Gasteiger partial charge >= 0.3 is 5.97 Å². The van der Waals surface area contributed by atoms with Crippen LogP contribution in [-0.2, 0) is 9.53 Å². The third-order valence-electron chi connectivity index (χ3n) is 5.03. The Morgan fingerprint density at radius 2 is 1.40 bits per heavy atom. The fraction of sp³-hybridized carbons (Fsp3) is 0.650. The highest BCUT2D eigenvalue weighted by Crippen LogP contribution is 2.34. The van der Waals surface area contributed by atoms with E-state index in [0.717, 1.165) is 51.4 Å². The van der Waals surface area contributed by atoms with Crippen molar-refractivity contribution in [1.82, 2.24) is 0 Å². The molecule has 2 aliphatic rings. The molecule has 0 radical (unpaired) electrons. The van der Waals surface area contributed by atoms with Crippen LogP contribution in [0.3, 0.4) is 0 Å². The molecule has 25 heavy (non-hydrogen) atoms. The summed E-state index contributed by atoms with van der Waals surface area (Å²) in [4.78, 5) is 11.3. The molecule has 0 saturated heterocycles. The SMILES string of the molecule is CC(=O)O[C@@H]1CCCC[C@H]1Oc1ccccc1O[C@H]1CCCC[C@@H]1O. The molecule has 5 nitrogen and oxygen atoms in total. The first-order chi connectivity index (χ1) is 12.1. The van der Waals surface area contributed by atoms with E-state index in [2.05, 4.69) is 0 Å². The molecular weight excluding hydrogens is 320 g/mol. The fourth-order valence-electron chi connectivity index (χ4n) is 3.73. The molecule has 0 aliphatic heterocycles. The minimum atomic E-state index is -0.426. The molecule has 2 aliphatic carbocycles. The van der Waals surface area contributed by atoms with Crippen molar-refractivity contribution in [2.45, 2.75) is 82.7 Å². The third kappa shape index (κ3) is 4.88. The van der Waals surface area contributed by atoms with Gasteiger partial charge in [-0.25, -0.2) is 0 Å². The molecule has 2 saturated carbocycles. The summed E-state index contributed by atoms with van der Waals surface area (Å²) < 4.78 is 17.7. The summed E-state index contributed by atoms with van der Waals surface area (Å²) >= 11 is 0. The zero-order valence-electron chi connectivity index (χ0n) is 14.9. The third-order valence-corrected chi connectivity index (χ3v) is 5.03. The molecular formula is C20H28O5. The van der Waals surface area contributed by atoms with Crippen molar-refractivity contribution >= 4 is 5.97 Å². The molecule has 0 heterocycles. The summed E-state index contributed by atoms with van der Waals surface area (Å²) in [5.74, 6) is 1.04. The molecule has 1 aromatic carbocycles. The standard InChI is InChI=1S/C20H28O5/c1-14(21)23-17-10-4-5-11-18(17)25-20-13-7-6-12-19(20)24-16-9-3-2-8-15(16)22/h6-7,12-13,15-18,22H,2-5,8-11H2,1H3/t15-,16-,17+,18+/m0/s1. The number of ether oxygens (including phenoxy) is 3. The number of hydrogen-bond acceptors (Lipinski definition) is 5. The molecule has 1 aromatic rings. The van der Waals surface area contributed by atoms with Crippen LogP contribution in [0.1, 0.15) is 58.3 Å². The van der Waals surface area contributed by atoms with Gasteiger partial charge in [-0.1, -0.05) is 18.6 Å². The van der Waals surface area contributed by atoms with Crippen molar-refractivity contribution in [3.63, 3.8) is 0 Å². The lowest BCUT2D eigenvalue weighted by Gasteiger charge is -2.33. The van der Waals surface area contributed by atoms with E-state index in [4.69, 9.17) is 14.2 Å². The van der Waals surface area contributed by atoms with E-state index in [1.165, 1.54) is 6.92 Å². The Bertz CT molecular complexity index is 573. The number of aliphatic hydroxyl groups is 1. The second-order valence-electron chi connectivity index (χ2n) is 7.04. The van der Waals surface area contributed by atoms with E-state index in [1.807, 2.05) is 24.3 Å². The van der Waals surface area contributed by atoms with E-state index in [0.29, 0.717) is 11.5 Å². The van der Waals surface area contributed by atoms with Gasteiger partial charge in [0.05, 0.1) is 6.10 Å². The summed E-state index contributed by atoms with van der Waals surface area (Å²) in [5, 5.41) is 10.2. The number of rotatable bonds is 5. The molecule has 3 rings (SSSR count). The summed E-state index contributed by atoms with van der Waals surface area (Å²) in [6, 6.07) is 7.56. The lowest BCUT2D eigenvalue weighted by Crippen LogP contribution is -2.38. The van der Waals surface area contributed by atoms with E-state index in [1.54, 1.807) is 0 Å². The number of para-hydroxylation sites is 2. The fourth-order valence-corrected chi connectivity index (χ4v) is 3.73. The van der Waals surface area contributed by atoms with Crippen molar-refractivity contribution in [1.29, 1.82) is 0 Å². The highest BCUT2D eigenvalue weighted by atomic mass is 16.6. The van der Waals surface area contributed by atoms with Gasteiger partial charge in [0.1, 0.15) is 18.3 Å². The van der Waals surface area contributed by atoms with Crippen molar-refractivity contribution in [2.24, 2.45) is 0 Å². The number of carbonyl (C=O) groups is 1. The van der Waals surface area contributed by atoms with Crippen LogP contribution < -0.4 is 9.47 Å². The van der Waals surface area contributed by atoms with Crippen molar-refractivity contribution in [2.75, 3.05) is 0 Å². The minimum Gasteiger partial charge on any atom is -0.484 e. The Labute approximate surface area is 149 Å². The average Bonchev–Trinajstić information content (AvgIpc) is 2.60. The molecule has 4 atom stereocenters. The Morgan fingerprint density at radius 1 is 0.880 bits per heavy atom. The summed E-state index contributed by atoms with van der Waals surface area (Å²) in [6.07, 6.45) is 6.58. The summed E-state index contributed by atoms with van der Waals surface area (Å²) in [7, 11) is 0. The molecule has 0 amide bonds. The number of benzene rings is 1. The van der Waals surface area contributed by atoms with Crippen LogP contribution in [0.2, 0.25) is 0 Å². The Morgan fingerprint density at radius 3 is 2.00 bits per heavy atom. The van der Waals surface area contributed by atoms with Crippen molar-refractivity contribution in [3.05, 3.63) is 24.3 Å². The first-order valence-electron chi connectivity index (χ1n) is 9.41. The van der Waals surface area contributed by atoms with Gasteiger partial charge in [-0.15, -0.1) is 0 Å². The lowest BCUT2D eigenvalue weighted by molar-refractivity contribution is -0.153. The van der Waals surface area contributed by atoms with Crippen LogP contribution in [0.15, 0.2) is 24.3 Å². The zero-order valence-corrected chi connectivity index (χ0v) is 14.9. The van der Waals surface area contributed by atoms with E-state index in [-0.39, 0.29) is 24.3 Å². The normalized spacial score (nSPS) is 29.7. The Hall–Kier alpha value is -1.75. The second-order valence-corrected chi connectivity index (χ2v) is 7.04. The van der Waals surface area contributed by atoms with Crippen molar-refractivity contribution in [3.8, 4) is 11.5 Å². The molecule has 138 valence electrons. The zero-order chi connectivity index (χ0) is 17.6. The van der Waals surface area contributed by atoms with Crippen LogP contribution in [0.4, 0.5) is 0 Å². The quantitative estimate of drug-likeness (QED) is 0.823. The predicted molar refractivity (Wildman–Crippen MR) is 93.8 cm³/mol. The van der Waals surface area contributed by atoms with Crippen LogP contribution in [0.25, 0.3) is 0 Å². The number of hydrogen-bond donors (Lipinski definition) is 1. The lowest BCUT2D eigenvalue weighted by atomic mass is 9.94. The predicted octanol–water partition coefficient (Wildman–Crippen LogP) is 3.62. The molecule has 5 heteroatoms. The van der Waals surface area contributed by atoms with Gasteiger partial charge in [0.25, 0.3) is 0 Å². The molecule has 0 aromatic heterocycles. The minimum absolute atomic E-state index is 0.154. The van der Waals surface area contributed by atoms with Gasteiger partial charge < -0.3 is 19.3 Å². The monoisotopic (exact) mass is 348 g/mol. The average molecular weight is 348 g/mol. The highest BCUT2D eigenvalue weighted by molar-refractivity contribution is 5.66. The molecule has 1 N–H and O–H groups in total. The smallest absolute Gasteiger partial charge is 0.303 e. The Kier molecular flexibility index (Phi) is 6.19. The molecule has 2 fully saturated rings. The molecule has 0 spiro atoms. The number of aliphatic hydroxyl groups excluding tert-OH is 1. The number of esters is 1. The van der Waals surface area contributed by atoms with Gasteiger partial charge in [0.2, 0.25) is 0 Å². The maximum absolute atomic E-state index is 11.3. The van der Waals surface area contributed by atoms with E-state index >= 15 is 0 Å². The summed E-state index contributed by atoms with van der Waals surface area (Å²) in [5.41, 5.74) is 0. The Balaban J connectivity index is 1.70. The largest absolute Gasteiger partial charge is 0.484 e. The maximum atomic E-state index is 11.3. The van der Waals surface area contributed by atoms with E-state index < -0.39 is 6.10 Å². The first-order valence-corrected chi connectivity index (χ1v) is 9.41. The maximum Gasteiger partial charge on any atom is 0.303 e. The molecule has 0 bridgehead atoms. The van der Waals surface area contributed by atoms with Crippen LogP contribution in [-0.4, -0.2) is 35.5 Å². The van der Waals surface area contributed by atoms with Crippen LogP contribution in [0.5, 0.6) is 11.5 Å². The van der Waals surface area contributed by atoms with Crippen molar-refractivity contribution < 1.29 is 24.1 Å². The topological polar surface area (TPSA) is 65.0 Å². The summed E-state index contributed by atoms with van der Waals surface area (Å²) in [6.45, 7) is 1.44.